The SMILES string of the molecule is CCOc1ccc(-c2c(C)sc(=NC(=O)c3cccc(OC)c3)n2C)cc1. The van der Waals surface area contributed by atoms with E-state index in [-0.39, 0.29) is 5.91 Å². The molecule has 0 fully saturated rings. The number of ether oxygens (including phenoxy) is 2. The van der Waals surface area contributed by atoms with Crippen molar-refractivity contribution in [3.05, 3.63) is 63.8 Å². The highest BCUT2D eigenvalue weighted by Gasteiger charge is 2.12. The molecule has 27 heavy (non-hydrogen) atoms. The van der Waals surface area contributed by atoms with Gasteiger partial charge in [0.2, 0.25) is 0 Å². The van der Waals surface area contributed by atoms with E-state index in [9.17, 15) is 4.79 Å². The lowest BCUT2D eigenvalue weighted by Crippen LogP contribution is -2.14. The third-order valence-corrected chi connectivity index (χ3v) is 5.20. The van der Waals surface area contributed by atoms with Gasteiger partial charge in [-0.3, -0.25) is 4.79 Å². The average molecular weight is 382 g/mol. The van der Waals surface area contributed by atoms with Crippen molar-refractivity contribution in [1.29, 1.82) is 0 Å². The van der Waals surface area contributed by atoms with Gasteiger partial charge in [-0.05, 0) is 61.9 Å². The first-order valence-corrected chi connectivity index (χ1v) is 9.48. The number of aryl methyl sites for hydroxylation is 1. The first-order valence-electron chi connectivity index (χ1n) is 8.66. The van der Waals surface area contributed by atoms with E-state index in [1.54, 1.807) is 31.4 Å². The molecule has 0 spiro atoms. The Balaban J connectivity index is 1.97. The number of aromatic nitrogens is 1. The lowest BCUT2D eigenvalue weighted by molar-refractivity contribution is 0.0997. The molecule has 0 aliphatic rings. The number of thiazole rings is 1. The lowest BCUT2D eigenvalue weighted by atomic mass is 10.1. The topological polar surface area (TPSA) is 52.8 Å². The molecule has 2 aromatic carbocycles. The monoisotopic (exact) mass is 382 g/mol. The number of nitrogens with zero attached hydrogens (tertiary/aromatic N) is 2. The van der Waals surface area contributed by atoms with Crippen LogP contribution in [0.15, 0.2) is 53.5 Å². The Kier molecular flexibility index (Phi) is 5.76. The summed E-state index contributed by atoms with van der Waals surface area (Å²) in [6.45, 7) is 4.63. The van der Waals surface area contributed by atoms with Crippen LogP contribution in [0.2, 0.25) is 0 Å². The molecule has 1 amide bonds. The highest BCUT2D eigenvalue weighted by atomic mass is 32.1. The molecular formula is C21H22N2O3S. The van der Waals surface area contributed by atoms with Crippen LogP contribution in [0, 0.1) is 6.92 Å². The number of hydrogen-bond acceptors (Lipinski definition) is 4. The summed E-state index contributed by atoms with van der Waals surface area (Å²) in [7, 11) is 3.50. The van der Waals surface area contributed by atoms with Crippen LogP contribution in [0.1, 0.15) is 22.2 Å². The minimum atomic E-state index is -0.288. The summed E-state index contributed by atoms with van der Waals surface area (Å²) in [5.41, 5.74) is 2.60. The van der Waals surface area contributed by atoms with E-state index in [2.05, 4.69) is 4.99 Å². The maximum absolute atomic E-state index is 12.6. The summed E-state index contributed by atoms with van der Waals surface area (Å²) in [5, 5.41) is 0. The number of carbonyl (C=O) groups is 1. The van der Waals surface area contributed by atoms with Gasteiger partial charge in [0.05, 0.1) is 19.4 Å². The van der Waals surface area contributed by atoms with Crippen LogP contribution < -0.4 is 14.3 Å². The minimum Gasteiger partial charge on any atom is -0.497 e. The van der Waals surface area contributed by atoms with E-state index < -0.39 is 0 Å². The molecule has 0 bridgehead atoms. The standard InChI is InChI=1S/C21H22N2O3S/c1-5-26-17-11-9-15(10-12-17)19-14(2)27-21(23(19)3)22-20(24)16-7-6-8-18(13-16)25-4/h6-13H,5H2,1-4H3. The summed E-state index contributed by atoms with van der Waals surface area (Å²) in [6.07, 6.45) is 0. The normalized spacial score (nSPS) is 11.5. The molecule has 140 valence electrons. The summed E-state index contributed by atoms with van der Waals surface area (Å²) in [4.78, 5) is 18.6. The van der Waals surface area contributed by atoms with Crippen molar-refractivity contribution in [3.8, 4) is 22.8 Å². The second-order valence-electron chi connectivity index (χ2n) is 5.95. The van der Waals surface area contributed by atoms with E-state index in [0.29, 0.717) is 22.7 Å². The van der Waals surface area contributed by atoms with Crippen LogP contribution in [0.3, 0.4) is 0 Å². The first kappa shape index (κ1) is 18.9. The molecule has 3 rings (SSSR count). The number of rotatable bonds is 5. The average Bonchev–Trinajstić information content (AvgIpc) is 2.96. The van der Waals surface area contributed by atoms with E-state index in [1.165, 1.54) is 11.3 Å². The van der Waals surface area contributed by atoms with Gasteiger partial charge in [-0.2, -0.15) is 4.99 Å². The van der Waals surface area contributed by atoms with Gasteiger partial charge in [-0.25, -0.2) is 0 Å². The number of benzene rings is 2. The molecule has 0 unspecified atom stereocenters. The predicted molar refractivity (Wildman–Crippen MR) is 108 cm³/mol. The summed E-state index contributed by atoms with van der Waals surface area (Å²) in [5.74, 6) is 1.19. The Bertz CT molecular complexity index is 1020. The van der Waals surface area contributed by atoms with Crippen molar-refractivity contribution < 1.29 is 14.3 Å². The Morgan fingerprint density at radius 2 is 1.89 bits per heavy atom. The smallest absolute Gasteiger partial charge is 0.279 e. The molecule has 3 aromatic rings. The molecule has 0 aliphatic carbocycles. The van der Waals surface area contributed by atoms with Crippen molar-refractivity contribution in [2.75, 3.05) is 13.7 Å². The van der Waals surface area contributed by atoms with Gasteiger partial charge in [0.25, 0.3) is 5.91 Å². The van der Waals surface area contributed by atoms with Gasteiger partial charge in [0, 0.05) is 17.5 Å². The Labute approximate surface area is 162 Å². The largest absolute Gasteiger partial charge is 0.497 e. The third kappa shape index (κ3) is 4.11. The van der Waals surface area contributed by atoms with Crippen LogP contribution in [-0.4, -0.2) is 24.2 Å². The summed E-state index contributed by atoms with van der Waals surface area (Å²) in [6, 6.07) is 15.0. The Hall–Kier alpha value is -2.86. The maximum atomic E-state index is 12.6. The fraction of sp³-hybridized carbons (Fsp3) is 0.238. The van der Waals surface area contributed by atoms with Crippen LogP contribution >= 0.6 is 11.3 Å². The van der Waals surface area contributed by atoms with E-state index >= 15 is 0 Å². The Morgan fingerprint density at radius 3 is 2.56 bits per heavy atom. The van der Waals surface area contributed by atoms with Crippen molar-refractivity contribution in [1.82, 2.24) is 4.57 Å². The fourth-order valence-corrected chi connectivity index (χ4v) is 3.85. The molecule has 0 atom stereocenters. The molecule has 1 aromatic heterocycles. The molecule has 0 N–H and O–H groups in total. The molecule has 0 aliphatic heterocycles. The highest BCUT2D eigenvalue weighted by Crippen LogP contribution is 2.26. The van der Waals surface area contributed by atoms with E-state index in [0.717, 1.165) is 21.9 Å². The minimum absolute atomic E-state index is 0.288. The van der Waals surface area contributed by atoms with Crippen LogP contribution in [0.5, 0.6) is 11.5 Å². The molecular weight excluding hydrogens is 360 g/mol. The first-order chi connectivity index (χ1) is 13.0. The predicted octanol–water partition coefficient (Wildman–Crippen LogP) is 4.21. The maximum Gasteiger partial charge on any atom is 0.279 e. The van der Waals surface area contributed by atoms with Gasteiger partial charge >= 0.3 is 0 Å². The zero-order valence-electron chi connectivity index (χ0n) is 15.9. The van der Waals surface area contributed by atoms with E-state index in [1.807, 2.05) is 49.7 Å². The second kappa shape index (κ2) is 8.22. The molecule has 1 heterocycles. The van der Waals surface area contributed by atoms with Crippen LogP contribution in [-0.2, 0) is 7.05 Å². The van der Waals surface area contributed by atoms with Gasteiger partial charge in [0.15, 0.2) is 4.80 Å². The van der Waals surface area contributed by atoms with Gasteiger partial charge in [0.1, 0.15) is 11.5 Å². The summed E-state index contributed by atoms with van der Waals surface area (Å²) < 4.78 is 12.6. The number of carbonyl (C=O) groups excluding carboxylic acids is 1. The van der Waals surface area contributed by atoms with Gasteiger partial charge in [-0.15, -0.1) is 11.3 Å². The fourth-order valence-electron chi connectivity index (χ4n) is 2.86. The van der Waals surface area contributed by atoms with Crippen molar-refractivity contribution >= 4 is 17.2 Å². The molecule has 6 heteroatoms. The number of hydrogen-bond donors (Lipinski definition) is 0. The lowest BCUT2D eigenvalue weighted by Gasteiger charge is -2.07. The van der Waals surface area contributed by atoms with E-state index in [4.69, 9.17) is 9.47 Å². The molecule has 0 saturated heterocycles. The number of methoxy groups -OCH3 is 1. The van der Waals surface area contributed by atoms with Crippen molar-refractivity contribution in [2.45, 2.75) is 13.8 Å². The number of amides is 1. The van der Waals surface area contributed by atoms with Gasteiger partial charge < -0.3 is 14.0 Å². The quantitative estimate of drug-likeness (QED) is 0.664. The second-order valence-corrected chi connectivity index (χ2v) is 7.14. The van der Waals surface area contributed by atoms with Gasteiger partial charge in [-0.1, -0.05) is 6.07 Å². The Morgan fingerprint density at radius 1 is 1.15 bits per heavy atom. The van der Waals surface area contributed by atoms with Crippen molar-refractivity contribution in [3.63, 3.8) is 0 Å². The zero-order valence-corrected chi connectivity index (χ0v) is 16.7. The van der Waals surface area contributed by atoms with Crippen LogP contribution in [0.4, 0.5) is 0 Å². The molecule has 5 nitrogen and oxygen atoms in total. The summed E-state index contributed by atoms with van der Waals surface area (Å²) >= 11 is 1.50. The third-order valence-electron chi connectivity index (χ3n) is 4.15. The zero-order chi connectivity index (χ0) is 19.4. The van der Waals surface area contributed by atoms with Crippen LogP contribution in [0.25, 0.3) is 11.3 Å². The van der Waals surface area contributed by atoms with Crippen molar-refractivity contribution in [2.24, 2.45) is 12.0 Å². The molecule has 0 radical (unpaired) electrons. The molecule has 0 saturated carbocycles. The highest BCUT2D eigenvalue weighted by molar-refractivity contribution is 7.09.